The molecule has 1 fully saturated rings. The summed E-state index contributed by atoms with van der Waals surface area (Å²) in [5.74, 6) is 0.565. The first-order valence-corrected chi connectivity index (χ1v) is 11.2. The van der Waals surface area contributed by atoms with Crippen molar-refractivity contribution in [3.63, 3.8) is 0 Å². The number of fused-ring (bicyclic) bond motifs is 1. The summed E-state index contributed by atoms with van der Waals surface area (Å²) in [7, 11) is 0. The van der Waals surface area contributed by atoms with Gasteiger partial charge in [0, 0.05) is 50.6 Å². The van der Waals surface area contributed by atoms with Crippen LogP contribution in [0.4, 0.5) is 17.1 Å². The molecule has 0 spiro atoms. The molecule has 1 aliphatic heterocycles. The lowest BCUT2D eigenvalue weighted by Gasteiger charge is -2.25. The van der Waals surface area contributed by atoms with Gasteiger partial charge < -0.3 is 25.7 Å². The highest BCUT2D eigenvalue weighted by Gasteiger charge is 2.22. The number of amides is 1. The molecule has 0 bridgehead atoms. The van der Waals surface area contributed by atoms with Gasteiger partial charge >= 0.3 is 0 Å². The van der Waals surface area contributed by atoms with Crippen LogP contribution in [0.2, 0.25) is 0 Å². The average Bonchev–Trinajstić information content (AvgIpc) is 3.28. The molecular formula is C22H23N7O2S. The van der Waals surface area contributed by atoms with Crippen LogP contribution in [-0.4, -0.2) is 47.3 Å². The van der Waals surface area contributed by atoms with Crippen LogP contribution in [0.15, 0.2) is 40.9 Å². The van der Waals surface area contributed by atoms with Gasteiger partial charge in [0.05, 0.1) is 16.8 Å². The Morgan fingerprint density at radius 2 is 1.81 bits per heavy atom. The van der Waals surface area contributed by atoms with E-state index in [1.54, 1.807) is 13.1 Å². The van der Waals surface area contributed by atoms with Crippen LogP contribution in [0, 0.1) is 6.92 Å². The number of carbonyl (C=O) groups excluding carboxylic acids is 1. The van der Waals surface area contributed by atoms with E-state index in [9.17, 15) is 4.79 Å². The van der Waals surface area contributed by atoms with Crippen molar-refractivity contribution in [3.8, 4) is 11.5 Å². The maximum Gasteiger partial charge on any atom is 0.260 e. The fourth-order valence-corrected chi connectivity index (χ4v) is 5.06. The molecule has 4 heterocycles. The zero-order valence-electron chi connectivity index (χ0n) is 17.6. The van der Waals surface area contributed by atoms with Crippen LogP contribution < -0.4 is 21.3 Å². The first-order valence-electron chi connectivity index (χ1n) is 10.4. The Hall–Kier alpha value is -3.66. The Morgan fingerprint density at radius 1 is 1.06 bits per heavy atom. The van der Waals surface area contributed by atoms with Crippen LogP contribution in [0.5, 0.6) is 0 Å². The van der Waals surface area contributed by atoms with Crippen molar-refractivity contribution in [2.45, 2.75) is 13.3 Å². The molecule has 4 N–H and O–H groups in total. The molecule has 9 nitrogen and oxygen atoms in total. The van der Waals surface area contributed by atoms with Gasteiger partial charge in [0.25, 0.3) is 5.91 Å². The number of benzene rings is 1. The number of thiophene rings is 1. The monoisotopic (exact) mass is 449 g/mol. The van der Waals surface area contributed by atoms with Crippen LogP contribution >= 0.6 is 11.3 Å². The standard InChI is InChI=1S/C22H23N7O2S/c1-13-26-27-21(31-13)14-3-5-15(6-4-14)28-9-2-10-29(12-11-28)16-7-8-25-22-17(16)18(23)19(32-22)20(24)30/h3-8H,2,9-12,23H2,1H3,(H2,24,30). The van der Waals surface area contributed by atoms with Gasteiger partial charge in [-0.3, -0.25) is 4.79 Å². The molecule has 0 saturated carbocycles. The Labute approximate surface area is 188 Å². The van der Waals surface area contributed by atoms with Crippen molar-refractivity contribution in [1.82, 2.24) is 15.2 Å². The summed E-state index contributed by atoms with van der Waals surface area (Å²) in [5, 5.41) is 8.79. The number of rotatable bonds is 4. The minimum absolute atomic E-state index is 0.368. The summed E-state index contributed by atoms with van der Waals surface area (Å²) in [6.45, 7) is 5.29. The van der Waals surface area contributed by atoms with Gasteiger partial charge in [-0.05, 0) is 36.8 Å². The molecule has 3 aromatic heterocycles. The van der Waals surface area contributed by atoms with Crippen LogP contribution in [0.3, 0.4) is 0 Å². The second kappa shape index (κ2) is 8.12. The fourth-order valence-electron chi connectivity index (χ4n) is 4.12. The van der Waals surface area contributed by atoms with E-state index in [-0.39, 0.29) is 0 Å². The largest absolute Gasteiger partial charge is 0.421 e. The summed E-state index contributed by atoms with van der Waals surface area (Å²) in [4.78, 5) is 21.9. The molecule has 4 aromatic rings. The first kappa shape index (κ1) is 20.3. The van der Waals surface area contributed by atoms with E-state index < -0.39 is 5.91 Å². The number of anilines is 3. The Morgan fingerprint density at radius 3 is 2.53 bits per heavy atom. The minimum atomic E-state index is -0.516. The molecule has 1 aromatic carbocycles. The molecule has 1 aliphatic rings. The maximum atomic E-state index is 11.7. The van der Waals surface area contributed by atoms with E-state index >= 15 is 0 Å². The predicted octanol–water partition coefficient (Wildman–Crippen LogP) is 3.05. The normalized spacial score (nSPS) is 14.7. The van der Waals surface area contributed by atoms with Crippen LogP contribution in [0.25, 0.3) is 21.7 Å². The lowest BCUT2D eigenvalue weighted by molar-refractivity contribution is 0.100. The summed E-state index contributed by atoms with van der Waals surface area (Å²) in [5.41, 5.74) is 15.3. The van der Waals surface area contributed by atoms with Gasteiger partial charge in [0.2, 0.25) is 11.8 Å². The SMILES string of the molecule is Cc1nnc(-c2ccc(N3CCCN(c4ccnc5sc(C(N)=O)c(N)c45)CC3)cc2)o1. The number of hydrogen-bond acceptors (Lipinski definition) is 9. The number of primary amides is 1. The van der Waals surface area contributed by atoms with Crippen molar-refractivity contribution in [2.24, 2.45) is 5.73 Å². The highest BCUT2D eigenvalue weighted by atomic mass is 32.1. The highest BCUT2D eigenvalue weighted by Crippen LogP contribution is 2.38. The second-order valence-electron chi connectivity index (χ2n) is 7.72. The van der Waals surface area contributed by atoms with Gasteiger partial charge in [-0.15, -0.1) is 21.5 Å². The third kappa shape index (κ3) is 3.62. The molecule has 164 valence electrons. The summed E-state index contributed by atoms with van der Waals surface area (Å²) in [6, 6.07) is 10.2. The van der Waals surface area contributed by atoms with E-state index in [0.29, 0.717) is 22.3 Å². The first-order chi connectivity index (χ1) is 15.5. The molecule has 0 unspecified atom stereocenters. The van der Waals surface area contributed by atoms with E-state index in [1.165, 1.54) is 11.3 Å². The summed E-state index contributed by atoms with van der Waals surface area (Å²) in [6.07, 6.45) is 2.75. The van der Waals surface area contributed by atoms with E-state index in [1.807, 2.05) is 18.2 Å². The van der Waals surface area contributed by atoms with E-state index in [2.05, 4.69) is 37.1 Å². The van der Waals surface area contributed by atoms with Gasteiger partial charge in [-0.25, -0.2) is 4.98 Å². The predicted molar refractivity (Wildman–Crippen MR) is 126 cm³/mol. The average molecular weight is 450 g/mol. The van der Waals surface area contributed by atoms with Crippen molar-refractivity contribution in [3.05, 3.63) is 47.3 Å². The Kier molecular flexibility index (Phi) is 5.14. The third-order valence-electron chi connectivity index (χ3n) is 5.67. The molecular weight excluding hydrogens is 426 g/mol. The summed E-state index contributed by atoms with van der Waals surface area (Å²) >= 11 is 1.25. The van der Waals surface area contributed by atoms with Crippen LogP contribution in [0.1, 0.15) is 22.0 Å². The van der Waals surface area contributed by atoms with E-state index in [0.717, 1.165) is 59.8 Å². The van der Waals surface area contributed by atoms with Crippen molar-refractivity contribution in [1.29, 1.82) is 0 Å². The van der Waals surface area contributed by atoms with Gasteiger partial charge in [0.15, 0.2) is 0 Å². The number of carbonyl (C=O) groups is 1. The number of aryl methyl sites for hydroxylation is 1. The second-order valence-corrected chi connectivity index (χ2v) is 8.72. The smallest absolute Gasteiger partial charge is 0.260 e. The Balaban J connectivity index is 1.36. The number of nitrogens with zero attached hydrogens (tertiary/aromatic N) is 5. The van der Waals surface area contributed by atoms with Crippen molar-refractivity contribution >= 4 is 44.5 Å². The Bertz CT molecular complexity index is 1280. The number of nitrogens with two attached hydrogens (primary N) is 2. The van der Waals surface area contributed by atoms with Crippen molar-refractivity contribution < 1.29 is 9.21 Å². The molecule has 32 heavy (non-hydrogen) atoms. The topological polar surface area (TPSA) is 127 Å². The quantitative estimate of drug-likeness (QED) is 0.487. The third-order valence-corrected chi connectivity index (χ3v) is 6.80. The lowest BCUT2D eigenvalue weighted by atomic mass is 10.2. The van der Waals surface area contributed by atoms with Crippen molar-refractivity contribution in [2.75, 3.05) is 41.7 Å². The molecule has 1 amide bonds. The zero-order valence-corrected chi connectivity index (χ0v) is 18.4. The maximum absolute atomic E-state index is 11.7. The number of nitrogen functional groups attached to an aromatic ring is 1. The fraction of sp³-hybridized carbons (Fsp3) is 0.273. The minimum Gasteiger partial charge on any atom is -0.421 e. The molecule has 5 rings (SSSR count). The highest BCUT2D eigenvalue weighted by molar-refractivity contribution is 7.21. The zero-order chi connectivity index (χ0) is 22.2. The molecule has 0 radical (unpaired) electrons. The van der Waals surface area contributed by atoms with Gasteiger partial charge in [-0.1, -0.05) is 0 Å². The number of pyridine rings is 1. The van der Waals surface area contributed by atoms with Gasteiger partial charge in [0.1, 0.15) is 9.71 Å². The molecule has 10 heteroatoms. The van der Waals surface area contributed by atoms with Crippen LogP contribution in [-0.2, 0) is 0 Å². The number of hydrogen-bond donors (Lipinski definition) is 2. The molecule has 1 saturated heterocycles. The molecule has 0 atom stereocenters. The molecule has 0 aliphatic carbocycles. The van der Waals surface area contributed by atoms with Gasteiger partial charge in [-0.2, -0.15) is 0 Å². The summed E-state index contributed by atoms with van der Waals surface area (Å²) < 4.78 is 5.51. The lowest BCUT2D eigenvalue weighted by Crippen LogP contribution is -2.30. The van der Waals surface area contributed by atoms with E-state index in [4.69, 9.17) is 15.9 Å². The number of aromatic nitrogens is 3.